The van der Waals surface area contributed by atoms with Crippen molar-refractivity contribution in [1.29, 1.82) is 0 Å². The molecule has 0 aromatic heterocycles. The smallest absolute Gasteiger partial charge is 0.150 e. The van der Waals surface area contributed by atoms with Gasteiger partial charge in [-0.05, 0) is 34.3 Å². The maximum atomic E-state index is 10.6. The summed E-state index contributed by atoms with van der Waals surface area (Å²) < 4.78 is 6.01. The molecule has 0 unspecified atom stereocenters. The number of aldehydes is 1. The molecule has 0 bridgehead atoms. The van der Waals surface area contributed by atoms with E-state index in [1.807, 2.05) is 12.3 Å². The van der Waals surface area contributed by atoms with Crippen LogP contribution in [0.5, 0.6) is 5.75 Å². The Hall–Kier alpha value is -0.480. The van der Waals surface area contributed by atoms with E-state index in [0.29, 0.717) is 11.3 Å². The molecule has 0 aliphatic rings. The Morgan fingerprint density at radius 1 is 1.54 bits per heavy atom. The first kappa shape index (κ1) is 10.6. The lowest BCUT2D eigenvalue weighted by molar-refractivity contribution is 0.112. The molecule has 0 aliphatic heterocycles. The van der Waals surface area contributed by atoms with E-state index in [0.717, 1.165) is 15.7 Å². The van der Waals surface area contributed by atoms with Crippen molar-refractivity contribution in [3.8, 4) is 5.75 Å². The van der Waals surface area contributed by atoms with Gasteiger partial charge in [-0.15, -0.1) is 11.8 Å². The third-order valence-corrected chi connectivity index (χ3v) is 3.45. The van der Waals surface area contributed by atoms with Crippen LogP contribution in [0.3, 0.4) is 0 Å². The monoisotopic (exact) mass is 260 g/mol. The lowest BCUT2D eigenvalue weighted by Crippen LogP contribution is -1.89. The van der Waals surface area contributed by atoms with E-state index in [-0.39, 0.29) is 0 Å². The Morgan fingerprint density at radius 2 is 2.23 bits per heavy atom. The summed E-state index contributed by atoms with van der Waals surface area (Å²) >= 11 is 4.97. The van der Waals surface area contributed by atoms with Crippen LogP contribution in [0.15, 0.2) is 21.5 Å². The van der Waals surface area contributed by atoms with Gasteiger partial charge in [0.1, 0.15) is 12.0 Å². The van der Waals surface area contributed by atoms with Crippen molar-refractivity contribution in [2.45, 2.75) is 4.90 Å². The average molecular weight is 261 g/mol. The number of benzene rings is 1. The molecule has 13 heavy (non-hydrogen) atoms. The van der Waals surface area contributed by atoms with Crippen LogP contribution in [0.1, 0.15) is 10.4 Å². The third-order valence-electron chi connectivity index (χ3n) is 1.60. The van der Waals surface area contributed by atoms with Crippen LogP contribution < -0.4 is 4.74 Å². The van der Waals surface area contributed by atoms with Crippen LogP contribution in [0.4, 0.5) is 0 Å². The van der Waals surface area contributed by atoms with Gasteiger partial charge in [-0.3, -0.25) is 4.79 Å². The maximum absolute atomic E-state index is 10.6. The number of carbonyl (C=O) groups excluding carboxylic acids is 1. The van der Waals surface area contributed by atoms with Gasteiger partial charge in [0.15, 0.2) is 0 Å². The molecule has 1 rings (SSSR count). The van der Waals surface area contributed by atoms with Gasteiger partial charge in [0.05, 0.1) is 11.6 Å². The second kappa shape index (κ2) is 4.67. The molecular weight excluding hydrogens is 252 g/mol. The van der Waals surface area contributed by atoms with Crippen LogP contribution in [-0.2, 0) is 0 Å². The number of halogens is 1. The molecule has 0 saturated carbocycles. The molecule has 0 amide bonds. The van der Waals surface area contributed by atoms with Gasteiger partial charge in [-0.2, -0.15) is 0 Å². The van der Waals surface area contributed by atoms with Gasteiger partial charge in [0.25, 0.3) is 0 Å². The van der Waals surface area contributed by atoms with Gasteiger partial charge in [0.2, 0.25) is 0 Å². The molecule has 0 spiro atoms. The van der Waals surface area contributed by atoms with Gasteiger partial charge < -0.3 is 4.74 Å². The fraction of sp³-hybridized carbons (Fsp3) is 0.222. The molecule has 70 valence electrons. The third kappa shape index (κ3) is 2.25. The summed E-state index contributed by atoms with van der Waals surface area (Å²) in [7, 11) is 1.58. The molecule has 0 atom stereocenters. The lowest BCUT2D eigenvalue weighted by Gasteiger charge is -2.07. The number of carbonyl (C=O) groups is 1. The Bertz CT molecular complexity index is 300. The first-order valence-corrected chi connectivity index (χ1v) is 5.61. The Kier molecular flexibility index (Phi) is 3.81. The van der Waals surface area contributed by atoms with Crippen LogP contribution in [0.25, 0.3) is 0 Å². The van der Waals surface area contributed by atoms with Crippen molar-refractivity contribution in [3.05, 3.63) is 22.2 Å². The average Bonchev–Trinajstić information content (AvgIpc) is 2.18. The van der Waals surface area contributed by atoms with E-state index in [9.17, 15) is 4.79 Å². The Labute approximate surface area is 89.8 Å². The predicted octanol–water partition coefficient (Wildman–Crippen LogP) is 2.99. The van der Waals surface area contributed by atoms with Gasteiger partial charge >= 0.3 is 0 Å². The van der Waals surface area contributed by atoms with Crippen LogP contribution >= 0.6 is 27.7 Å². The van der Waals surface area contributed by atoms with Gasteiger partial charge in [-0.25, -0.2) is 0 Å². The zero-order chi connectivity index (χ0) is 9.84. The number of ether oxygens (including phenoxy) is 1. The van der Waals surface area contributed by atoms with E-state index in [4.69, 9.17) is 4.74 Å². The minimum absolute atomic E-state index is 0.629. The molecule has 2 nitrogen and oxygen atoms in total. The standard InChI is InChI=1S/C9H9BrO2S/c1-12-7-3-6(5-11)4-8(13-2)9(7)10/h3-5H,1-2H3. The first-order chi connectivity index (χ1) is 6.22. The molecule has 0 heterocycles. The van der Waals surface area contributed by atoms with E-state index in [1.54, 1.807) is 24.9 Å². The van der Waals surface area contributed by atoms with E-state index in [1.165, 1.54) is 0 Å². The zero-order valence-electron chi connectivity index (χ0n) is 7.33. The minimum atomic E-state index is 0.629. The highest BCUT2D eigenvalue weighted by molar-refractivity contribution is 9.10. The number of methoxy groups -OCH3 is 1. The van der Waals surface area contributed by atoms with Crippen molar-refractivity contribution >= 4 is 34.0 Å². The second-order valence-corrected chi connectivity index (χ2v) is 4.00. The molecule has 4 heteroatoms. The summed E-state index contributed by atoms with van der Waals surface area (Å²) in [6.07, 6.45) is 2.77. The molecular formula is C9H9BrO2S. The van der Waals surface area contributed by atoms with Gasteiger partial charge in [0, 0.05) is 10.5 Å². The lowest BCUT2D eigenvalue weighted by atomic mass is 10.2. The van der Waals surface area contributed by atoms with Crippen molar-refractivity contribution in [2.75, 3.05) is 13.4 Å². The fourth-order valence-electron chi connectivity index (χ4n) is 0.958. The topological polar surface area (TPSA) is 26.3 Å². The summed E-state index contributed by atoms with van der Waals surface area (Å²) in [5, 5.41) is 0. The van der Waals surface area contributed by atoms with Crippen LogP contribution in [-0.4, -0.2) is 19.7 Å². The first-order valence-electron chi connectivity index (χ1n) is 3.59. The molecule has 0 aliphatic carbocycles. The largest absolute Gasteiger partial charge is 0.496 e. The summed E-state index contributed by atoms with van der Waals surface area (Å²) in [5.41, 5.74) is 0.629. The highest BCUT2D eigenvalue weighted by Crippen LogP contribution is 2.34. The van der Waals surface area contributed by atoms with Crippen molar-refractivity contribution < 1.29 is 9.53 Å². The van der Waals surface area contributed by atoms with E-state index in [2.05, 4.69) is 15.9 Å². The fourth-order valence-corrected chi connectivity index (χ4v) is 2.37. The molecule has 0 saturated heterocycles. The Balaban J connectivity index is 3.28. The van der Waals surface area contributed by atoms with Gasteiger partial charge in [-0.1, -0.05) is 0 Å². The van der Waals surface area contributed by atoms with Crippen molar-refractivity contribution in [2.24, 2.45) is 0 Å². The second-order valence-electron chi connectivity index (χ2n) is 2.36. The van der Waals surface area contributed by atoms with E-state index < -0.39 is 0 Å². The number of rotatable bonds is 3. The molecule has 0 fully saturated rings. The number of hydrogen-bond donors (Lipinski definition) is 0. The van der Waals surface area contributed by atoms with Crippen LogP contribution in [0, 0.1) is 0 Å². The van der Waals surface area contributed by atoms with Crippen LogP contribution in [0.2, 0.25) is 0 Å². The highest BCUT2D eigenvalue weighted by atomic mass is 79.9. The normalized spacial score (nSPS) is 9.77. The summed E-state index contributed by atoms with van der Waals surface area (Å²) in [6.45, 7) is 0. The molecule has 0 radical (unpaired) electrons. The molecule has 1 aromatic rings. The highest BCUT2D eigenvalue weighted by Gasteiger charge is 2.07. The predicted molar refractivity (Wildman–Crippen MR) is 57.9 cm³/mol. The summed E-state index contributed by atoms with van der Waals surface area (Å²) in [4.78, 5) is 11.6. The maximum Gasteiger partial charge on any atom is 0.150 e. The van der Waals surface area contributed by atoms with Crippen molar-refractivity contribution in [1.82, 2.24) is 0 Å². The van der Waals surface area contributed by atoms with Crippen molar-refractivity contribution in [3.63, 3.8) is 0 Å². The summed E-state index contributed by atoms with van der Waals surface area (Å²) in [6, 6.07) is 3.53. The quantitative estimate of drug-likeness (QED) is 0.618. The molecule has 0 N–H and O–H groups in total. The molecule has 1 aromatic carbocycles. The SMILES string of the molecule is COc1cc(C=O)cc(SC)c1Br. The Morgan fingerprint density at radius 3 is 2.69 bits per heavy atom. The summed E-state index contributed by atoms with van der Waals surface area (Å²) in [5.74, 6) is 0.689. The van der Waals surface area contributed by atoms with E-state index >= 15 is 0 Å². The zero-order valence-corrected chi connectivity index (χ0v) is 9.74. The number of thioether (sulfide) groups is 1. The number of hydrogen-bond acceptors (Lipinski definition) is 3. The minimum Gasteiger partial charge on any atom is -0.496 e.